The average molecular weight is 431 g/mol. The summed E-state index contributed by atoms with van der Waals surface area (Å²) < 4.78 is 13.4. The average Bonchev–Trinajstić information content (AvgIpc) is 3.46. The van der Waals surface area contributed by atoms with E-state index in [9.17, 15) is 0 Å². The number of quaternary nitrogens is 2. The molecule has 1 aromatic carbocycles. The van der Waals surface area contributed by atoms with Crippen LogP contribution in [0.25, 0.3) is 0 Å². The maximum absolute atomic E-state index is 5.84. The van der Waals surface area contributed by atoms with Crippen molar-refractivity contribution in [2.24, 2.45) is 0 Å². The Labute approximate surface area is 185 Å². The van der Waals surface area contributed by atoms with Crippen molar-refractivity contribution in [3.8, 4) is 11.5 Å². The van der Waals surface area contributed by atoms with Crippen molar-refractivity contribution in [1.82, 2.24) is 20.2 Å². The van der Waals surface area contributed by atoms with Gasteiger partial charge in [0.2, 0.25) is 5.82 Å². The number of benzene rings is 1. The highest BCUT2D eigenvalue weighted by molar-refractivity contribution is 5.48. The number of nitrogens with one attached hydrogen (secondary N) is 2. The van der Waals surface area contributed by atoms with Gasteiger partial charge in [-0.05, 0) is 69.0 Å². The van der Waals surface area contributed by atoms with E-state index < -0.39 is 0 Å². The van der Waals surface area contributed by atoms with E-state index in [0.717, 1.165) is 42.0 Å². The number of methoxy groups -OCH3 is 2. The third kappa shape index (κ3) is 4.41. The fraction of sp³-hybridized carbons (Fsp3) is 0.696. The zero-order valence-corrected chi connectivity index (χ0v) is 19.6. The second kappa shape index (κ2) is 9.12. The number of ether oxygens (including phenoxy) is 2. The smallest absolute Gasteiger partial charge is 0.214 e. The van der Waals surface area contributed by atoms with Crippen LogP contribution in [0.1, 0.15) is 63.9 Å². The lowest BCUT2D eigenvalue weighted by Crippen LogP contribution is -3.29. The summed E-state index contributed by atoms with van der Waals surface area (Å²) in [5, 5.41) is 13.0. The zero-order valence-electron chi connectivity index (χ0n) is 19.6. The number of aromatic nitrogens is 4. The summed E-state index contributed by atoms with van der Waals surface area (Å²) in [4.78, 5) is 3.28. The van der Waals surface area contributed by atoms with E-state index in [-0.39, 0.29) is 11.6 Å². The van der Waals surface area contributed by atoms with Gasteiger partial charge < -0.3 is 19.3 Å². The van der Waals surface area contributed by atoms with E-state index in [0.29, 0.717) is 0 Å². The molecule has 1 aliphatic carbocycles. The summed E-state index contributed by atoms with van der Waals surface area (Å²) in [5.74, 6) is 2.41. The number of tetrazole rings is 1. The number of piperazine rings is 1. The molecule has 1 saturated heterocycles. The molecule has 2 N–H and O–H groups in total. The van der Waals surface area contributed by atoms with Crippen LogP contribution in [-0.4, -0.2) is 66.6 Å². The van der Waals surface area contributed by atoms with Gasteiger partial charge in [0.15, 0.2) is 17.5 Å². The maximum atomic E-state index is 5.84. The van der Waals surface area contributed by atoms with E-state index in [1.54, 1.807) is 19.1 Å². The number of rotatable bonds is 6. The van der Waals surface area contributed by atoms with Gasteiger partial charge in [-0.1, -0.05) is 6.07 Å². The highest BCUT2D eigenvalue weighted by Crippen LogP contribution is 2.36. The summed E-state index contributed by atoms with van der Waals surface area (Å²) in [6.45, 7) is 11.0. The Balaban J connectivity index is 1.71. The van der Waals surface area contributed by atoms with Gasteiger partial charge in [0.25, 0.3) is 0 Å². The second-order valence-electron chi connectivity index (χ2n) is 9.93. The van der Waals surface area contributed by atoms with E-state index in [2.05, 4.69) is 42.4 Å². The Bertz CT molecular complexity index is 863. The fourth-order valence-corrected chi connectivity index (χ4v) is 5.46. The molecule has 0 unspecified atom stereocenters. The lowest BCUT2D eigenvalue weighted by molar-refractivity contribution is -1.03. The summed E-state index contributed by atoms with van der Waals surface area (Å²) >= 11 is 0. The van der Waals surface area contributed by atoms with Gasteiger partial charge in [-0.3, -0.25) is 0 Å². The van der Waals surface area contributed by atoms with E-state index in [1.807, 2.05) is 16.8 Å². The van der Waals surface area contributed by atoms with Gasteiger partial charge >= 0.3 is 0 Å². The van der Waals surface area contributed by atoms with Crippen molar-refractivity contribution < 1.29 is 19.3 Å². The highest BCUT2D eigenvalue weighted by Gasteiger charge is 2.41. The van der Waals surface area contributed by atoms with Crippen LogP contribution in [0.4, 0.5) is 0 Å². The largest absolute Gasteiger partial charge is 0.493 e. The Morgan fingerprint density at radius 3 is 2.35 bits per heavy atom. The van der Waals surface area contributed by atoms with Gasteiger partial charge in [0, 0.05) is 0 Å². The first-order valence-corrected chi connectivity index (χ1v) is 11.6. The summed E-state index contributed by atoms with van der Waals surface area (Å²) in [6, 6.07) is 6.96. The summed E-state index contributed by atoms with van der Waals surface area (Å²) in [6.07, 6.45) is 5.57. The SMILES string of the molecule is COc1cccc([C@@H](c2nnnn2C(C)(C)C)[NH+]2CC[NH+](C3CCCC3)CC2)c1OC. The molecule has 0 amide bonds. The van der Waals surface area contributed by atoms with Crippen LogP contribution in [0.15, 0.2) is 18.2 Å². The Hall–Kier alpha value is -2.19. The van der Waals surface area contributed by atoms with Crippen LogP contribution < -0.4 is 19.3 Å². The summed E-state index contributed by atoms with van der Waals surface area (Å²) in [7, 11) is 3.40. The molecule has 8 heteroatoms. The van der Waals surface area contributed by atoms with Crippen LogP contribution >= 0.6 is 0 Å². The molecule has 1 aromatic heterocycles. The van der Waals surface area contributed by atoms with Gasteiger partial charge in [-0.25, -0.2) is 4.68 Å². The molecule has 170 valence electrons. The molecule has 0 bridgehead atoms. The minimum Gasteiger partial charge on any atom is -0.493 e. The van der Waals surface area contributed by atoms with Gasteiger partial charge in [-0.2, -0.15) is 0 Å². The first-order chi connectivity index (χ1) is 14.9. The molecule has 1 aliphatic heterocycles. The van der Waals surface area contributed by atoms with Crippen molar-refractivity contribution in [2.75, 3.05) is 40.4 Å². The Morgan fingerprint density at radius 2 is 1.74 bits per heavy atom. The molecule has 31 heavy (non-hydrogen) atoms. The minimum absolute atomic E-state index is 0.00981. The van der Waals surface area contributed by atoms with E-state index in [4.69, 9.17) is 9.47 Å². The normalized spacial score (nSPS) is 23.6. The fourth-order valence-electron chi connectivity index (χ4n) is 5.46. The van der Waals surface area contributed by atoms with Crippen molar-refractivity contribution in [3.63, 3.8) is 0 Å². The first kappa shape index (κ1) is 22.0. The van der Waals surface area contributed by atoms with Crippen LogP contribution in [0.5, 0.6) is 11.5 Å². The van der Waals surface area contributed by atoms with Crippen LogP contribution in [0.2, 0.25) is 0 Å². The lowest BCUT2D eigenvalue weighted by atomic mass is 9.99. The number of hydrogen-bond donors (Lipinski definition) is 2. The predicted octanol–water partition coefficient (Wildman–Crippen LogP) is 0.261. The Morgan fingerprint density at radius 1 is 1.03 bits per heavy atom. The molecule has 8 nitrogen and oxygen atoms in total. The van der Waals surface area contributed by atoms with Crippen LogP contribution in [0.3, 0.4) is 0 Å². The van der Waals surface area contributed by atoms with Gasteiger partial charge in [-0.15, -0.1) is 5.10 Å². The van der Waals surface area contributed by atoms with Crippen molar-refractivity contribution in [2.45, 2.75) is 64.1 Å². The Kier molecular flexibility index (Phi) is 6.48. The second-order valence-corrected chi connectivity index (χ2v) is 9.93. The number of para-hydroxylation sites is 1. The first-order valence-electron chi connectivity index (χ1n) is 11.6. The molecule has 2 aromatic rings. The zero-order chi connectivity index (χ0) is 22.0. The number of hydrogen-bond acceptors (Lipinski definition) is 5. The van der Waals surface area contributed by atoms with Crippen molar-refractivity contribution in [1.29, 1.82) is 0 Å². The van der Waals surface area contributed by atoms with E-state index in [1.165, 1.54) is 43.7 Å². The van der Waals surface area contributed by atoms with Crippen LogP contribution in [0, 0.1) is 0 Å². The third-order valence-corrected chi connectivity index (χ3v) is 7.01. The van der Waals surface area contributed by atoms with Gasteiger partial charge in [0.05, 0.1) is 31.4 Å². The lowest BCUT2D eigenvalue weighted by Gasteiger charge is -2.37. The standard InChI is InChI=1S/C23H36N6O2/c1-23(2,3)29-22(24-25-26-29)20(18-11-8-12-19(30-4)21(18)31-5)28-15-13-27(14-16-28)17-9-6-7-10-17/h8,11-12,17,20H,6-7,9-10,13-16H2,1-5H3/p+2/t20-/m0/s1. The minimum atomic E-state index is -0.209. The molecule has 2 aliphatic rings. The van der Waals surface area contributed by atoms with Crippen molar-refractivity contribution in [3.05, 3.63) is 29.6 Å². The molecule has 2 fully saturated rings. The molecular formula is C23H38N6O2+2. The van der Waals surface area contributed by atoms with Gasteiger partial charge in [0.1, 0.15) is 26.2 Å². The molecule has 0 radical (unpaired) electrons. The maximum Gasteiger partial charge on any atom is 0.214 e. The molecule has 2 heterocycles. The molecule has 0 spiro atoms. The molecular weight excluding hydrogens is 392 g/mol. The van der Waals surface area contributed by atoms with Crippen LogP contribution in [-0.2, 0) is 5.54 Å². The monoisotopic (exact) mass is 430 g/mol. The summed E-state index contributed by atoms with van der Waals surface area (Å²) in [5.41, 5.74) is 0.876. The van der Waals surface area contributed by atoms with Crippen molar-refractivity contribution >= 4 is 0 Å². The topological polar surface area (TPSA) is 70.9 Å². The predicted molar refractivity (Wildman–Crippen MR) is 118 cm³/mol. The number of nitrogens with zero attached hydrogens (tertiary/aromatic N) is 4. The quantitative estimate of drug-likeness (QED) is 0.688. The molecule has 1 saturated carbocycles. The molecule has 1 atom stereocenters. The highest BCUT2D eigenvalue weighted by atomic mass is 16.5. The third-order valence-electron chi connectivity index (χ3n) is 7.01. The van der Waals surface area contributed by atoms with E-state index >= 15 is 0 Å². The molecule has 4 rings (SSSR count).